The third kappa shape index (κ3) is 4.64. The van der Waals surface area contributed by atoms with E-state index < -0.39 is 0 Å². The van der Waals surface area contributed by atoms with Crippen LogP contribution >= 0.6 is 0 Å². The van der Waals surface area contributed by atoms with Crippen LogP contribution in [-0.2, 0) is 16.1 Å². The fourth-order valence-corrected chi connectivity index (χ4v) is 2.91. The normalized spacial score (nSPS) is 20.4. The van der Waals surface area contributed by atoms with E-state index in [1.54, 1.807) is 0 Å². The fraction of sp³-hybridized carbons (Fsp3) is 0.588. The van der Waals surface area contributed by atoms with Crippen LogP contribution in [0.25, 0.3) is 0 Å². The number of hydrogen-bond donors (Lipinski definition) is 0. The molecule has 0 radical (unpaired) electrons. The van der Waals surface area contributed by atoms with Gasteiger partial charge in [0.05, 0.1) is 13.0 Å². The van der Waals surface area contributed by atoms with E-state index in [2.05, 4.69) is 29.2 Å². The summed E-state index contributed by atoms with van der Waals surface area (Å²) >= 11 is 0. The van der Waals surface area contributed by atoms with Crippen molar-refractivity contribution in [1.82, 2.24) is 4.90 Å². The zero-order chi connectivity index (χ0) is 14.2. The van der Waals surface area contributed by atoms with E-state index >= 15 is 0 Å². The Bertz CT molecular complexity index is 405. The lowest BCUT2D eigenvalue weighted by Crippen LogP contribution is -2.36. The van der Waals surface area contributed by atoms with Crippen molar-refractivity contribution in [3.63, 3.8) is 0 Å². The second kappa shape index (κ2) is 8.05. The van der Waals surface area contributed by atoms with E-state index in [0.29, 0.717) is 19.1 Å². The second-order valence-corrected chi connectivity index (χ2v) is 5.47. The Kier molecular flexibility index (Phi) is 6.06. The standard InChI is InChI=1S/C17H25NO2/c1-2-20-17(19)13-16-11-7-4-8-12-18(16)14-15-9-5-3-6-10-15/h3,5-6,9-10,16H,2,4,7-8,11-14H2,1H3. The van der Waals surface area contributed by atoms with Gasteiger partial charge in [-0.05, 0) is 31.9 Å². The Morgan fingerprint density at radius 2 is 2.05 bits per heavy atom. The number of benzene rings is 1. The van der Waals surface area contributed by atoms with Crippen molar-refractivity contribution in [2.45, 2.75) is 51.6 Å². The molecule has 0 N–H and O–H groups in total. The van der Waals surface area contributed by atoms with Crippen LogP contribution < -0.4 is 0 Å². The first kappa shape index (κ1) is 15.0. The number of nitrogens with zero attached hydrogens (tertiary/aromatic N) is 1. The minimum atomic E-state index is -0.0579. The van der Waals surface area contributed by atoms with Gasteiger partial charge in [0.25, 0.3) is 0 Å². The van der Waals surface area contributed by atoms with Crippen molar-refractivity contribution >= 4 is 5.97 Å². The van der Waals surface area contributed by atoms with E-state index in [0.717, 1.165) is 19.5 Å². The summed E-state index contributed by atoms with van der Waals surface area (Å²) in [5, 5.41) is 0. The smallest absolute Gasteiger partial charge is 0.307 e. The molecule has 1 heterocycles. The average Bonchev–Trinajstić information content (AvgIpc) is 2.66. The van der Waals surface area contributed by atoms with Crippen LogP contribution in [0.1, 0.15) is 44.6 Å². The summed E-state index contributed by atoms with van der Waals surface area (Å²) in [5.74, 6) is -0.0579. The predicted octanol–water partition coefficient (Wildman–Crippen LogP) is 3.38. The third-order valence-electron chi connectivity index (χ3n) is 3.94. The number of carbonyl (C=O) groups excluding carboxylic acids is 1. The molecule has 0 bridgehead atoms. The largest absolute Gasteiger partial charge is 0.466 e. The molecule has 3 nitrogen and oxygen atoms in total. The number of likely N-dealkylation sites (tertiary alicyclic amines) is 1. The van der Waals surface area contributed by atoms with E-state index in [4.69, 9.17) is 4.74 Å². The SMILES string of the molecule is CCOC(=O)CC1CCCCCN1Cc1ccccc1. The first-order valence-electron chi connectivity index (χ1n) is 7.73. The van der Waals surface area contributed by atoms with Crippen molar-refractivity contribution in [2.24, 2.45) is 0 Å². The molecular formula is C17H25NO2. The highest BCUT2D eigenvalue weighted by molar-refractivity contribution is 5.70. The molecule has 0 spiro atoms. The molecule has 0 aliphatic carbocycles. The molecule has 1 saturated heterocycles. The van der Waals surface area contributed by atoms with Gasteiger partial charge in [0.1, 0.15) is 0 Å². The first-order valence-corrected chi connectivity index (χ1v) is 7.73. The number of rotatable bonds is 5. The van der Waals surface area contributed by atoms with Crippen molar-refractivity contribution < 1.29 is 9.53 Å². The van der Waals surface area contributed by atoms with Crippen molar-refractivity contribution in [1.29, 1.82) is 0 Å². The molecule has 110 valence electrons. The van der Waals surface area contributed by atoms with Crippen LogP contribution in [0.2, 0.25) is 0 Å². The molecule has 1 aliphatic heterocycles. The Balaban J connectivity index is 1.99. The number of hydrogen-bond acceptors (Lipinski definition) is 3. The highest BCUT2D eigenvalue weighted by atomic mass is 16.5. The monoisotopic (exact) mass is 275 g/mol. The first-order chi connectivity index (χ1) is 9.79. The summed E-state index contributed by atoms with van der Waals surface area (Å²) in [6.45, 7) is 4.36. The topological polar surface area (TPSA) is 29.5 Å². The molecule has 0 amide bonds. The van der Waals surface area contributed by atoms with Crippen LogP contribution in [0.4, 0.5) is 0 Å². The van der Waals surface area contributed by atoms with Crippen LogP contribution in [-0.4, -0.2) is 30.1 Å². The van der Waals surface area contributed by atoms with Crippen LogP contribution in [0.5, 0.6) is 0 Å². The lowest BCUT2D eigenvalue weighted by atomic mass is 10.1. The lowest BCUT2D eigenvalue weighted by molar-refractivity contribution is -0.144. The second-order valence-electron chi connectivity index (χ2n) is 5.47. The molecule has 1 aromatic rings. The van der Waals surface area contributed by atoms with Gasteiger partial charge in [0.15, 0.2) is 0 Å². The Morgan fingerprint density at radius 3 is 2.80 bits per heavy atom. The van der Waals surface area contributed by atoms with E-state index in [1.165, 1.54) is 24.8 Å². The van der Waals surface area contributed by atoms with E-state index in [9.17, 15) is 4.79 Å². The molecule has 1 aliphatic rings. The molecule has 20 heavy (non-hydrogen) atoms. The van der Waals surface area contributed by atoms with Gasteiger partial charge in [-0.25, -0.2) is 0 Å². The van der Waals surface area contributed by atoms with Crippen molar-refractivity contribution in [3.05, 3.63) is 35.9 Å². The Morgan fingerprint density at radius 1 is 1.25 bits per heavy atom. The van der Waals surface area contributed by atoms with Gasteiger partial charge >= 0.3 is 5.97 Å². The summed E-state index contributed by atoms with van der Waals surface area (Å²) in [5.41, 5.74) is 1.32. The summed E-state index contributed by atoms with van der Waals surface area (Å²) in [6.07, 6.45) is 5.35. The number of carbonyl (C=O) groups is 1. The van der Waals surface area contributed by atoms with Gasteiger partial charge in [-0.2, -0.15) is 0 Å². The van der Waals surface area contributed by atoms with Crippen LogP contribution in [0.3, 0.4) is 0 Å². The average molecular weight is 275 g/mol. The van der Waals surface area contributed by atoms with Gasteiger partial charge in [-0.3, -0.25) is 9.69 Å². The molecule has 1 aromatic carbocycles. The fourth-order valence-electron chi connectivity index (χ4n) is 2.91. The van der Waals surface area contributed by atoms with Crippen LogP contribution in [0, 0.1) is 0 Å². The third-order valence-corrected chi connectivity index (χ3v) is 3.94. The molecule has 1 fully saturated rings. The highest BCUT2D eigenvalue weighted by Crippen LogP contribution is 2.22. The van der Waals surface area contributed by atoms with E-state index in [-0.39, 0.29) is 5.97 Å². The molecule has 0 aromatic heterocycles. The molecular weight excluding hydrogens is 250 g/mol. The number of ether oxygens (including phenoxy) is 1. The molecule has 1 atom stereocenters. The van der Waals surface area contributed by atoms with Gasteiger partial charge in [0.2, 0.25) is 0 Å². The Labute approximate surface area is 121 Å². The maximum atomic E-state index is 11.8. The molecule has 0 saturated carbocycles. The zero-order valence-corrected chi connectivity index (χ0v) is 12.4. The summed E-state index contributed by atoms with van der Waals surface area (Å²) in [6, 6.07) is 10.8. The predicted molar refractivity (Wildman–Crippen MR) is 80.4 cm³/mol. The van der Waals surface area contributed by atoms with Crippen LogP contribution in [0.15, 0.2) is 30.3 Å². The maximum Gasteiger partial charge on any atom is 0.307 e. The lowest BCUT2D eigenvalue weighted by Gasteiger charge is -2.29. The van der Waals surface area contributed by atoms with Gasteiger partial charge in [-0.15, -0.1) is 0 Å². The quantitative estimate of drug-likeness (QED) is 0.771. The van der Waals surface area contributed by atoms with E-state index in [1.807, 2.05) is 13.0 Å². The van der Waals surface area contributed by atoms with Gasteiger partial charge in [-0.1, -0.05) is 43.2 Å². The highest BCUT2D eigenvalue weighted by Gasteiger charge is 2.24. The Hall–Kier alpha value is -1.35. The van der Waals surface area contributed by atoms with Crippen molar-refractivity contribution in [2.75, 3.05) is 13.2 Å². The molecule has 3 heteroatoms. The minimum Gasteiger partial charge on any atom is -0.466 e. The van der Waals surface area contributed by atoms with Gasteiger partial charge in [0, 0.05) is 12.6 Å². The summed E-state index contributed by atoms with van der Waals surface area (Å²) < 4.78 is 5.12. The molecule has 2 rings (SSSR count). The maximum absolute atomic E-state index is 11.8. The van der Waals surface area contributed by atoms with Gasteiger partial charge < -0.3 is 4.74 Å². The zero-order valence-electron chi connectivity index (χ0n) is 12.4. The summed E-state index contributed by atoms with van der Waals surface area (Å²) in [4.78, 5) is 14.2. The van der Waals surface area contributed by atoms with Crippen molar-refractivity contribution in [3.8, 4) is 0 Å². The summed E-state index contributed by atoms with van der Waals surface area (Å²) in [7, 11) is 0. The number of esters is 1. The minimum absolute atomic E-state index is 0.0579. The molecule has 1 unspecified atom stereocenters.